The third-order valence-corrected chi connectivity index (χ3v) is 5.12. The second kappa shape index (κ2) is 8.51. The molecule has 0 radical (unpaired) electrons. The van der Waals surface area contributed by atoms with Crippen molar-refractivity contribution in [1.29, 1.82) is 0 Å². The van der Waals surface area contributed by atoms with Crippen LogP contribution in [0.1, 0.15) is 36.6 Å². The Bertz CT molecular complexity index is 1150. The number of benzene rings is 2. The van der Waals surface area contributed by atoms with Gasteiger partial charge in [-0.2, -0.15) is 10.1 Å². The number of carbonyl (C=O) groups excluding carboxylic acids is 1. The van der Waals surface area contributed by atoms with Crippen LogP contribution in [0.25, 0.3) is 0 Å². The number of hydrogen-bond acceptors (Lipinski definition) is 6. The van der Waals surface area contributed by atoms with Crippen LogP contribution in [0.3, 0.4) is 0 Å². The van der Waals surface area contributed by atoms with Gasteiger partial charge in [0.05, 0.1) is 12.2 Å². The fraction of sp³-hybridized carbons (Fsp3) is 0.261. The predicted molar refractivity (Wildman–Crippen MR) is 117 cm³/mol. The maximum Gasteiger partial charge on any atom is 0.248 e. The summed E-state index contributed by atoms with van der Waals surface area (Å²) in [5.74, 6) is 1.25. The smallest absolute Gasteiger partial charge is 0.248 e. The molecule has 0 aliphatic carbocycles. The van der Waals surface area contributed by atoms with Gasteiger partial charge in [-0.3, -0.25) is 4.79 Å². The van der Waals surface area contributed by atoms with Gasteiger partial charge in [0.1, 0.15) is 19.0 Å². The van der Waals surface area contributed by atoms with Gasteiger partial charge in [-0.1, -0.05) is 35.9 Å². The molecular weight excluding hydrogens is 394 g/mol. The van der Waals surface area contributed by atoms with Gasteiger partial charge >= 0.3 is 0 Å². The zero-order valence-electron chi connectivity index (χ0n) is 17.8. The minimum atomic E-state index is -0.520. The molecule has 1 aliphatic heterocycles. The Kier molecular flexibility index (Phi) is 5.62. The van der Waals surface area contributed by atoms with Gasteiger partial charge in [-0.25, -0.2) is 4.68 Å². The molecule has 1 unspecified atom stereocenters. The number of nitrogens with one attached hydrogen (secondary N) is 1. The second-order valence-electron chi connectivity index (χ2n) is 7.38. The first-order valence-corrected chi connectivity index (χ1v) is 10.1. The molecule has 0 saturated carbocycles. The summed E-state index contributed by atoms with van der Waals surface area (Å²) in [5, 5.41) is 7.37. The van der Waals surface area contributed by atoms with Gasteiger partial charge < -0.3 is 20.5 Å². The number of nitrogens with two attached hydrogens (primary N) is 1. The summed E-state index contributed by atoms with van der Waals surface area (Å²) in [5.41, 5.74) is 9.83. The second-order valence-corrected chi connectivity index (χ2v) is 7.38. The Morgan fingerprint density at radius 3 is 2.74 bits per heavy atom. The maximum absolute atomic E-state index is 12.3. The van der Waals surface area contributed by atoms with Crippen LogP contribution < -0.4 is 20.5 Å². The third kappa shape index (κ3) is 4.09. The fourth-order valence-electron chi connectivity index (χ4n) is 3.76. The van der Waals surface area contributed by atoms with Crippen molar-refractivity contribution in [3.05, 3.63) is 76.8 Å². The van der Waals surface area contributed by atoms with Crippen LogP contribution in [0, 0.1) is 6.92 Å². The monoisotopic (exact) mass is 419 g/mol. The molecule has 8 nitrogen and oxygen atoms in total. The van der Waals surface area contributed by atoms with E-state index in [4.69, 9.17) is 15.2 Å². The number of anilines is 1. The van der Waals surface area contributed by atoms with Crippen LogP contribution in [0.2, 0.25) is 0 Å². The Labute approximate surface area is 180 Å². The largest absolute Gasteiger partial charge is 0.490 e. The number of rotatable bonds is 7. The molecule has 3 aromatic rings. The lowest BCUT2D eigenvalue weighted by atomic mass is 9.95. The molecule has 0 saturated heterocycles. The van der Waals surface area contributed by atoms with E-state index < -0.39 is 11.9 Å². The summed E-state index contributed by atoms with van der Waals surface area (Å²) >= 11 is 0. The number of primary amides is 1. The van der Waals surface area contributed by atoms with E-state index in [0.29, 0.717) is 41.9 Å². The van der Waals surface area contributed by atoms with E-state index in [1.807, 2.05) is 50.2 Å². The highest BCUT2D eigenvalue weighted by Crippen LogP contribution is 2.38. The molecule has 0 fully saturated rings. The zero-order valence-corrected chi connectivity index (χ0v) is 17.8. The first-order valence-electron chi connectivity index (χ1n) is 10.1. The van der Waals surface area contributed by atoms with Gasteiger partial charge in [-0.05, 0) is 44.0 Å². The van der Waals surface area contributed by atoms with Crippen molar-refractivity contribution >= 4 is 11.9 Å². The predicted octanol–water partition coefficient (Wildman–Crippen LogP) is 3.34. The van der Waals surface area contributed by atoms with E-state index in [1.165, 1.54) is 11.9 Å². The highest BCUT2D eigenvalue weighted by Gasteiger charge is 2.32. The number of aryl methyl sites for hydroxylation is 1. The molecule has 0 bridgehead atoms. The SMILES string of the molecule is CCOc1cc(C2C(C(N)=O)=C(C)Nc3ncnn32)ccc1OCc1cccc(C)c1. The van der Waals surface area contributed by atoms with E-state index in [-0.39, 0.29) is 0 Å². The molecule has 2 aromatic carbocycles. The molecule has 4 rings (SSSR count). The highest BCUT2D eigenvalue weighted by atomic mass is 16.5. The Morgan fingerprint density at radius 1 is 1.16 bits per heavy atom. The lowest BCUT2D eigenvalue weighted by Crippen LogP contribution is -2.31. The van der Waals surface area contributed by atoms with Crippen LogP contribution >= 0.6 is 0 Å². The van der Waals surface area contributed by atoms with Crippen molar-refractivity contribution in [2.75, 3.05) is 11.9 Å². The van der Waals surface area contributed by atoms with Crippen LogP contribution in [-0.2, 0) is 11.4 Å². The molecule has 1 aliphatic rings. The molecular formula is C23H25N5O3. The summed E-state index contributed by atoms with van der Waals surface area (Å²) < 4.78 is 13.5. The van der Waals surface area contributed by atoms with Gasteiger partial charge in [0.15, 0.2) is 11.5 Å². The molecule has 31 heavy (non-hydrogen) atoms. The molecule has 2 heterocycles. The van der Waals surface area contributed by atoms with Crippen LogP contribution in [-0.4, -0.2) is 27.3 Å². The Balaban J connectivity index is 1.69. The number of allylic oxidation sites excluding steroid dienone is 1. The molecule has 1 aromatic heterocycles. The molecule has 1 amide bonds. The van der Waals surface area contributed by atoms with Crippen LogP contribution in [0.5, 0.6) is 11.5 Å². The van der Waals surface area contributed by atoms with Gasteiger partial charge in [0.2, 0.25) is 11.9 Å². The summed E-state index contributed by atoms with van der Waals surface area (Å²) in [6.07, 6.45) is 1.44. The van der Waals surface area contributed by atoms with Gasteiger partial charge in [0, 0.05) is 5.70 Å². The number of amides is 1. The van der Waals surface area contributed by atoms with Crippen molar-refractivity contribution in [2.24, 2.45) is 5.73 Å². The summed E-state index contributed by atoms with van der Waals surface area (Å²) in [6.45, 7) is 6.66. The normalized spacial score (nSPS) is 15.3. The molecule has 3 N–H and O–H groups in total. The first-order chi connectivity index (χ1) is 15.0. The number of ether oxygens (including phenoxy) is 2. The van der Waals surface area contributed by atoms with Crippen molar-refractivity contribution in [2.45, 2.75) is 33.4 Å². The average molecular weight is 419 g/mol. The lowest BCUT2D eigenvalue weighted by Gasteiger charge is -2.28. The van der Waals surface area contributed by atoms with Crippen molar-refractivity contribution < 1.29 is 14.3 Å². The Morgan fingerprint density at radius 2 is 2.00 bits per heavy atom. The Hall–Kier alpha value is -3.81. The van der Waals surface area contributed by atoms with E-state index in [2.05, 4.69) is 21.5 Å². The van der Waals surface area contributed by atoms with E-state index in [0.717, 1.165) is 11.1 Å². The van der Waals surface area contributed by atoms with Crippen LogP contribution in [0.15, 0.2) is 60.1 Å². The molecule has 160 valence electrons. The average Bonchev–Trinajstić information content (AvgIpc) is 3.20. The van der Waals surface area contributed by atoms with Crippen molar-refractivity contribution in [3.8, 4) is 11.5 Å². The number of fused-ring (bicyclic) bond motifs is 1. The number of carbonyl (C=O) groups is 1. The van der Waals surface area contributed by atoms with Gasteiger partial charge in [0.25, 0.3) is 0 Å². The van der Waals surface area contributed by atoms with Crippen molar-refractivity contribution in [1.82, 2.24) is 14.8 Å². The van der Waals surface area contributed by atoms with E-state index >= 15 is 0 Å². The van der Waals surface area contributed by atoms with Crippen LogP contribution in [0.4, 0.5) is 5.95 Å². The topological polar surface area (TPSA) is 104 Å². The van der Waals surface area contributed by atoms with Crippen molar-refractivity contribution in [3.63, 3.8) is 0 Å². The quantitative estimate of drug-likeness (QED) is 0.609. The molecule has 0 spiro atoms. The molecule has 8 heteroatoms. The summed E-state index contributed by atoms with van der Waals surface area (Å²) in [6, 6.07) is 13.3. The third-order valence-electron chi connectivity index (χ3n) is 5.12. The van der Waals surface area contributed by atoms with E-state index in [1.54, 1.807) is 11.6 Å². The minimum Gasteiger partial charge on any atom is -0.490 e. The highest BCUT2D eigenvalue weighted by molar-refractivity contribution is 5.95. The molecule has 1 atom stereocenters. The fourth-order valence-corrected chi connectivity index (χ4v) is 3.76. The maximum atomic E-state index is 12.3. The summed E-state index contributed by atoms with van der Waals surface area (Å²) in [4.78, 5) is 16.5. The van der Waals surface area contributed by atoms with E-state index in [9.17, 15) is 4.79 Å². The first kappa shape index (κ1) is 20.5. The standard InChI is InChI=1S/C23H25N5O3/c1-4-30-19-11-17(8-9-18(19)31-12-16-7-5-6-14(2)10-16)21-20(22(24)29)15(3)27-23-25-13-26-28(21)23/h5-11,13,21H,4,12H2,1-3H3,(H2,24,29)(H,25,26,27). The number of nitrogens with zero attached hydrogens (tertiary/aromatic N) is 3. The zero-order chi connectivity index (χ0) is 22.0. The minimum absolute atomic E-state index is 0.424. The number of aromatic nitrogens is 3. The number of hydrogen-bond donors (Lipinski definition) is 2. The van der Waals surface area contributed by atoms with Gasteiger partial charge in [-0.15, -0.1) is 0 Å². The lowest BCUT2D eigenvalue weighted by molar-refractivity contribution is -0.115. The summed E-state index contributed by atoms with van der Waals surface area (Å²) in [7, 11) is 0.